The lowest BCUT2D eigenvalue weighted by Gasteiger charge is -2.23. The topological polar surface area (TPSA) is 49.4 Å². The van der Waals surface area contributed by atoms with E-state index in [1.165, 1.54) is 23.8 Å². The zero-order valence-electron chi connectivity index (χ0n) is 17.5. The van der Waals surface area contributed by atoms with E-state index in [9.17, 15) is 14.0 Å². The van der Waals surface area contributed by atoms with Gasteiger partial charge in [-0.3, -0.25) is 9.59 Å². The molecule has 158 valence electrons. The minimum Gasteiger partial charge on any atom is -0.354 e. The molecular weight excluding hydrogens is 391 g/mol. The number of nitrogens with one attached hydrogen (secondary N) is 1. The van der Waals surface area contributed by atoms with Crippen LogP contribution >= 0.6 is 0 Å². The molecule has 1 heterocycles. The van der Waals surface area contributed by atoms with Gasteiger partial charge >= 0.3 is 0 Å². The quantitative estimate of drug-likeness (QED) is 0.692. The largest absolute Gasteiger partial charge is 0.354 e. The number of amides is 2. The van der Waals surface area contributed by atoms with Crippen molar-refractivity contribution in [2.45, 2.75) is 13.3 Å². The van der Waals surface area contributed by atoms with E-state index in [1.54, 1.807) is 11.0 Å². The van der Waals surface area contributed by atoms with E-state index in [1.807, 2.05) is 24.3 Å². The third kappa shape index (κ3) is 4.82. The smallest absolute Gasteiger partial charge is 0.254 e. The van der Waals surface area contributed by atoms with E-state index in [4.69, 9.17) is 0 Å². The Morgan fingerprint density at radius 2 is 1.87 bits per heavy atom. The van der Waals surface area contributed by atoms with Crippen LogP contribution in [0.5, 0.6) is 0 Å². The molecule has 1 fully saturated rings. The summed E-state index contributed by atoms with van der Waals surface area (Å²) in [7, 11) is 0. The highest BCUT2D eigenvalue weighted by atomic mass is 19.1. The molecule has 4 rings (SSSR count). The van der Waals surface area contributed by atoms with Crippen LogP contribution in [0.25, 0.3) is 11.1 Å². The minimum atomic E-state index is -0.445. The SMILES string of the molecule is Cc1ccccc1-c1cccc(C[C@H]2CN(C(=O)c3cccc(F)c3)CCNC2=O)c1. The molecular formula is C26H25FN2O2. The molecule has 4 nitrogen and oxygen atoms in total. The Kier molecular flexibility index (Phi) is 6.12. The van der Waals surface area contributed by atoms with Crippen molar-refractivity contribution in [1.82, 2.24) is 10.2 Å². The van der Waals surface area contributed by atoms with E-state index < -0.39 is 5.82 Å². The van der Waals surface area contributed by atoms with E-state index >= 15 is 0 Å². The maximum absolute atomic E-state index is 13.6. The summed E-state index contributed by atoms with van der Waals surface area (Å²) >= 11 is 0. The molecule has 1 atom stereocenters. The lowest BCUT2D eigenvalue weighted by Crippen LogP contribution is -2.37. The summed E-state index contributed by atoms with van der Waals surface area (Å²) in [6.07, 6.45) is 0.526. The van der Waals surface area contributed by atoms with Crippen molar-refractivity contribution in [2.24, 2.45) is 5.92 Å². The summed E-state index contributed by atoms with van der Waals surface area (Å²) in [5.74, 6) is -1.13. The average molecular weight is 416 g/mol. The molecule has 5 heteroatoms. The van der Waals surface area contributed by atoms with Gasteiger partial charge in [0.1, 0.15) is 5.82 Å². The maximum Gasteiger partial charge on any atom is 0.254 e. The Morgan fingerprint density at radius 3 is 2.68 bits per heavy atom. The van der Waals surface area contributed by atoms with Crippen LogP contribution in [0.2, 0.25) is 0 Å². The van der Waals surface area contributed by atoms with Crippen LogP contribution in [0.3, 0.4) is 0 Å². The Morgan fingerprint density at radius 1 is 1.06 bits per heavy atom. The second-order valence-corrected chi connectivity index (χ2v) is 7.97. The van der Waals surface area contributed by atoms with Gasteiger partial charge in [-0.15, -0.1) is 0 Å². The Hall–Kier alpha value is -3.47. The second kappa shape index (κ2) is 9.13. The summed E-state index contributed by atoms with van der Waals surface area (Å²) < 4.78 is 13.6. The van der Waals surface area contributed by atoms with Crippen molar-refractivity contribution in [3.8, 4) is 11.1 Å². The molecule has 0 aromatic heterocycles. The summed E-state index contributed by atoms with van der Waals surface area (Å²) in [5.41, 5.74) is 4.81. The van der Waals surface area contributed by atoms with Gasteiger partial charge in [-0.25, -0.2) is 4.39 Å². The van der Waals surface area contributed by atoms with E-state index in [2.05, 4.69) is 36.5 Å². The lowest BCUT2D eigenvalue weighted by atomic mass is 9.94. The molecule has 2 amide bonds. The lowest BCUT2D eigenvalue weighted by molar-refractivity contribution is -0.124. The average Bonchev–Trinajstić information content (AvgIpc) is 2.95. The van der Waals surface area contributed by atoms with Crippen LogP contribution in [-0.4, -0.2) is 36.3 Å². The van der Waals surface area contributed by atoms with Crippen molar-refractivity contribution in [3.63, 3.8) is 0 Å². The minimum absolute atomic E-state index is 0.0594. The third-order valence-corrected chi connectivity index (χ3v) is 5.72. The molecule has 1 N–H and O–H groups in total. The normalized spacial score (nSPS) is 16.5. The van der Waals surface area contributed by atoms with Gasteiger partial charge in [-0.05, 0) is 53.8 Å². The number of halogens is 1. The first kappa shape index (κ1) is 20.8. The van der Waals surface area contributed by atoms with Crippen LogP contribution in [0.4, 0.5) is 4.39 Å². The molecule has 1 saturated heterocycles. The van der Waals surface area contributed by atoms with Gasteiger partial charge in [0.2, 0.25) is 5.91 Å². The number of rotatable bonds is 4. The van der Waals surface area contributed by atoms with Crippen LogP contribution in [-0.2, 0) is 11.2 Å². The van der Waals surface area contributed by atoms with Crippen LogP contribution < -0.4 is 5.32 Å². The molecule has 0 spiro atoms. The molecule has 31 heavy (non-hydrogen) atoms. The van der Waals surface area contributed by atoms with Gasteiger partial charge in [0.15, 0.2) is 0 Å². The predicted molar refractivity (Wildman–Crippen MR) is 119 cm³/mol. The van der Waals surface area contributed by atoms with Crippen molar-refractivity contribution in [1.29, 1.82) is 0 Å². The van der Waals surface area contributed by atoms with Crippen molar-refractivity contribution >= 4 is 11.8 Å². The number of aryl methyl sites for hydroxylation is 1. The van der Waals surface area contributed by atoms with Crippen molar-refractivity contribution in [3.05, 3.63) is 95.3 Å². The molecule has 0 aliphatic carbocycles. The van der Waals surface area contributed by atoms with Crippen molar-refractivity contribution < 1.29 is 14.0 Å². The zero-order valence-corrected chi connectivity index (χ0v) is 17.5. The van der Waals surface area contributed by atoms with E-state index in [0.29, 0.717) is 31.6 Å². The Bertz CT molecular complexity index is 1110. The highest BCUT2D eigenvalue weighted by Crippen LogP contribution is 2.25. The molecule has 0 saturated carbocycles. The summed E-state index contributed by atoms with van der Waals surface area (Å²) in [4.78, 5) is 27.2. The van der Waals surface area contributed by atoms with Gasteiger partial charge in [0.25, 0.3) is 5.91 Å². The first-order chi connectivity index (χ1) is 15.0. The number of carbonyl (C=O) groups is 2. The number of carbonyl (C=O) groups excluding carboxylic acids is 2. The molecule has 1 aliphatic rings. The highest BCUT2D eigenvalue weighted by Gasteiger charge is 2.28. The highest BCUT2D eigenvalue weighted by molar-refractivity contribution is 5.95. The summed E-state index contributed by atoms with van der Waals surface area (Å²) in [5, 5.41) is 2.91. The fourth-order valence-corrected chi connectivity index (χ4v) is 4.09. The molecule has 1 aliphatic heterocycles. The monoisotopic (exact) mass is 416 g/mol. The van der Waals surface area contributed by atoms with E-state index in [0.717, 1.165) is 16.7 Å². The zero-order chi connectivity index (χ0) is 21.8. The van der Waals surface area contributed by atoms with Crippen LogP contribution in [0.1, 0.15) is 21.5 Å². The molecule has 3 aromatic rings. The van der Waals surface area contributed by atoms with Gasteiger partial charge in [0, 0.05) is 25.2 Å². The second-order valence-electron chi connectivity index (χ2n) is 7.97. The third-order valence-electron chi connectivity index (χ3n) is 5.72. The number of hydrogen-bond donors (Lipinski definition) is 1. The first-order valence-electron chi connectivity index (χ1n) is 10.5. The molecule has 0 radical (unpaired) electrons. The van der Waals surface area contributed by atoms with Crippen molar-refractivity contribution in [2.75, 3.05) is 19.6 Å². The standard InChI is InChI=1S/C26H25FN2O2/c1-18-6-2-3-11-24(18)20-8-4-7-19(14-20)15-22-17-29(13-12-28-25(22)30)26(31)21-9-5-10-23(27)16-21/h2-11,14,16,22H,12-13,15,17H2,1H3,(H,28,30)/t22-/m0/s1. The Balaban J connectivity index is 1.54. The van der Waals surface area contributed by atoms with Gasteiger partial charge in [-0.1, -0.05) is 54.6 Å². The number of benzene rings is 3. The summed E-state index contributed by atoms with van der Waals surface area (Å²) in [6.45, 7) is 3.17. The van der Waals surface area contributed by atoms with Crippen LogP contribution in [0, 0.1) is 18.7 Å². The van der Waals surface area contributed by atoms with E-state index in [-0.39, 0.29) is 17.7 Å². The van der Waals surface area contributed by atoms with Gasteiger partial charge in [-0.2, -0.15) is 0 Å². The van der Waals surface area contributed by atoms with Gasteiger partial charge < -0.3 is 10.2 Å². The fourth-order valence-electron chi connectivity index (χ4n) is 4.09. The van der Waals surface area contributed by atoms with Gasteiger partial charge in [0.05, 0.1) is 5.92 Å². The van der Waals surface area contributed by atoms with Crippen LogP contribution in [0.15, 0.2) is 72.8 Å². The predicted octanol–water partition coefficient (Wildman–Crippen LogP) is 4.23. The first-order valence-corrected chi connectivity index (χ1v) is 10.5. The molecule has 3 aromatic carbocycles. The number of hydrogen-bond acceptors (Lipinski definition) is 2. The molecule has 0 bridgehead atoms. The fraction of sp³-hybridized carbons (Fsp3) is 0.231. The maximum atomic E-state index is 13.6. The Labute approximate surface area is 181 Å². The molecule has 0 unspecified atom stereocenters. The summed E-state index contributed by atoms with van der Waals surface area (Å²) in [6, 6.07) is 22.1. The number of nitrogens with zero attached hydrogens (tertiary/aromatic N) is 1.